The second-order valence-electron chi connectivity index (χ2n) is 4.22. The Morgan fingerprint density at radius 3 is 2.75 bits per heavy atom. The van der Waals surface area contributed by atoms with Crippen molar-refractivity contribution in [1.29, 1.82) is 0 Å². The molecule has 1 aromatic rings. The van der Waals surface area contributed by atoms with Crippen LogP contribution >= 0.6 is 0 Å². The second kappa shape index (κ2) is 8.47. The van der Waals surface area contributed by atoms with E-state index in [2.05, 4.69) is 10.6 Å². The normalized spacial score (nSPS) is 12.0. The third-order valence-electron chi connectivity index (χ3n) is 2.78. The first-order valence-corrected chi connectivity index (χ1v) is 6.65. The first kappa shape index (κ1) is 16.4. The van der Waals surface area contributed by atoms with Gasteiger partial charge >= 0.3 is 6.03 Å². The molecule has 6 heteroatoms. The average molecular weight is 286 g/mol. The smallest absolute Gasteiger partial charge is 0.315 e. The van der Waals surface area contributed by atoms with Crippen LogP contribution in [0, 0.1) is 11.6 Å². The van der Waals surface area contributed by atoms with E-state index in [1.54, 1.807) is 6.92 Å². The number of carbonyl (C=O) groups is 1. The van der Waals surface area contributed by atoms with E-state index in [9.17, 15) is 13.6 Å². The molecule has 0 spiro atoms. The summed E-state index contributed by atoms with van der Waals surface area (Å²) in [6.07, 6.45) is 0.458. The number of amides is 2. The van der Waals surface area contributed by atoms with Crippen molar-refractivity contribution in [2.45, 2.75) is 26.3 Å². The summed E-state index contributed by atoms with van der Waals surface area (Å²) < 4.78 is 31.9. The van der Waals surface area contributed by atoms with Crippen molar-refractivity contribution in [3.63, 3.8) is 0 Å². The molecule has 1 rings (SSSR count). The molecule has 0 aliphatic heterocycles. The van der Waals surface area contributed by atoms with Crippen LogP contribution < -0.4 is 10.6 Å². The van der Waals surface area contributed by atoms with Gasteiger partial charge in [0.05, 0.1) is 12.6 Å². The first-order valence-electron chi connectivity index (χ1n) is 6.65. The number of rotatable bonds is 7. The predicted octanol–water partition coefficient (Wildman–Crippen LogP) is 2.75. The topological polar surface area (TPSA) is 50.4 Å². The Bertz CT molecular complexity index is 441. The fraction of sp³-hybridized carbons (Fsp3) is 0.500. The molecule has 4 nitrogen and oxygen atoms in total. The number of carbonyl (C=O) groups excluding carboxylic acids is 1. The number of nitrogens with one attached hydrogen (secondary N) is 2. The van der Waals surface area contributed by atoms with E-state index in [0.717, 1.165) is 18.2 Å². The summed E-state index contributed by atoms with van der Waals surface area (Å²) in [4.78, 5) is 11.7. The van der Waals surface area contributed by atoms with Crippen LogP contribution in [0.5, 0.6) is 0 Å². The van der Waals surface area contributed by atoms with Gasteiger partial charge in [0.1, 0.15) is 11.6 Å². The van der Waals surface area contributed by atoms with Gasteiger partial charge in [0.25, 0.3) is 0 Å². The Hall–Kier alpha value is -1.69. The van der Waals surface area contributed by atoms with E-state index >= 15 is 0 Å². The second-order valence-corrected chi connectivity index (χ2v) is 4.22. The molecule has 0 aliphatic rings. The largest absolute Gasteiger partial charge is 0.380 e. The number of halogens is 2. The highest BCUT2D eigenvalue weighted by Gasteiger charge is 2.17. The van der Waals surface area contributed by atoms with Gasteiger partial charge in [-0.2, -0.15) is 0 Å². The van der Waals surface area contributed by atoms with Gasteiger partial charge in [0.15, 0.2) is 0 Å². The van der Waals surface area contributed by atoms with Crippen molar-refractivity contribution >= 4 is 6.03 Å². The van der Waals surface area contributed by atoms with Gasteiger partial charge < -0.3 is 15.4 Å². The molecular formula is C14H20F2N2O2. The van der Waals surface area contributed by atoms with E-state index in [-0.39, 0.29) is 5.56 Å². The summed E-state index contributed by atoms with van der Waals surface area (Å²) in [7, 11) is 0. The molecule has 112 valence electrons. The zero-order chi connectivity index (χ0) is 15.0. The molecule has 0 saturated carbocycles. The molecule has 1 atom stereocenters. The predicted molar refractivity (Wildman–Crippen MR) is 72.4 cm³/mol. The van der Waals surface area contributed by atoms with Gasteiger partial charge in [0, 0.05) is 18.7 Å². The minimum atomic E-state index is -0.571. The molecular weight excluding hydrogens is 266 g/mol. The highest BCUT2D eigenvalue weighted by Crippen LogP contribution is 2.20. The van der Waals surface area contributed by atoms with Crippen LogP contribution in [0.1, 0.15) is 31.9 Å². The monoisotopic (exact) mass is 286 g/mol. The standard InChI is InChI=1S/C14H20F2N2O2/c1-3-13(11-9-10(15)5-6-12(11)16)18-14(19)17-7-8-20-4-2/h5-6,9,13H,3-4,7-8H2,1-2H3,(H2,17,18,19). The van der Waals surface area contributed by atoms with E-state index in [1.807, 2.05) is 6.92 Å². The van der Waals surface area contributed by atoms with Crippen molar-refractivity contribution in [2.24, 2.45) is 0 Å². The lowest BCUT2D eigenvalue weighted by Crippen LogP contribution is -2.39. The van der Waals surface area contributed by atoms with E-state index in [4.69, 9.17) is 4.74 Å². The average Bonchev–Trinajstić information content (AvgIpc) is 2.44. The van der Waals surface area contributed by atoms with Crippen LogP contribution in [0.15, 0.2) is 18.2 Å². The maximum absolute atomic E-state index is 13.7. The molecule has 20 heavy (non-hydrogen) atoms. The molecule has 1 aromatic carbocycles. The molecule has 0 radical (unpaired) electrons. The fourth-order valence-corrected chi connectivity index (χ4v) is 1.77. The summed E-state index contributed by atoms with van der Waals surface area (Å²) >= 11 is 0. The van der Waals surface area contributed by atoms with Gasteiger partial charge in [-0.15, -0.1) is 0 Å². The lowest BCUT2D eigenvalue weighted by molar-refractivity contribution is 0.149. The Labute approximate surface area is 117 Å². The van der Waals surface area contributed by atoms with Crippen molar-refractivity contribution < 1.29 is 18.3 Å². The fourth-order valence-electron chi connectivity index (χ4n) is 1.77. The quantitative estimate of drug-likeness (QED) is 0.757. The van der Waals surface area contributed by atoms with Crippen LogP contribution in [-0.4, -0.2) is 25.8 Å². The van der Waals surface area contributed by atoms with Gasteiger partial charge in [0.2, 0.25) is 0 Å². The number of ether oxygens (including phenoxy) is 1. The van der Waals surface area contributed by atoms with Crippen LogP contribution in [0.3, 0.4) is 0 Å². The number of benzene rings is 1. The van der Waals surface area contributed by atoms with Gasteiger partial charge in [-0.3, -0.25) is 0 Å². The molecule has 2 amide bonds. The van der Waals surface area contributed by atoms with E-state index in [0.29, 0.717) is 26.2 Å². The number of hydrogen-bond acceptors (Lipinski definition) is 2. The summed E-state index contributed by atoms with van der Waals surface area (Å²) in [5, 5.41) is 5.21. The van der Waals surface area contributed by atoms with Crippen LogP contribution in [0.25, 0.3) is 0 Å². The highest BCUT2D eigenvalue weighted by molar-refractivity contribution is 5.74. The van der Waals surface area contributed by atoms with E-state index < -0.39 is 23.7 Å². The SMILES string of the molecule is CCOCCNC(=O)NC(CC)c1cc(F)ccc1F. The molecule has 1 unspecified atom stereocenters. The molecule has 0 aliphatic carbocycles. The zero-order valence-corrected chi connectivity index (χ0v) is 11.7. The molecule has 0 fully saturated rings. The zero-order valence-electron chi connectivity index (χ0n) is 11.7. The van der Waals surface area contributed by atoms with Crippen LogP contribution in [0.4, 0.5) is 13.6 Å². The summed E-state index contributed by atoms with van der Waals surface area (Å²) in [5.41, 5.74) is 0.146. The number of hydrogen-bond donors (Lipinski definition) is 2. The molecule has 0 aromatic heterocycles. The van der Waals surface area contributed by atoms with Crippen LogP contribution in [0.2, 0.25) is 0 Å². The first-order chi connectivity index (χ1) is 9.58. The highest BCUT2D eigenvalue weighted by atomic mass is 19.1. The Morgan fingerprint density at radius 2 is 2.10 bits per heavy atom. The number of urea groups is 1. The summed E-state index contributed by atoms with van der Waals surface area (Å²) in [6, 6.07) is 2.21. The maximum Gasteiger partial charge on any atom is 0.315 e. The van der Waals surface area contributed by atoms with Crippen molar-refractivity contribution in [1.82, 2.24) is 10.6 Å². The van der Waals surface area contributed by atoms with Gasteiger partial charge in [-0.25, -0.2) is 13.6 Å². The van der Waals surface area contributed by atoms with Crippen molar-refractivity contribution in [3.8, 4) is 0 Å². The summed E-state index contributed by atoms with van der Waals surface area (Å²) in [5.74, 6) is -1.06. The molecule has 0 heterocycles. The molecule has 2 N–H and O–H groups in total. The summed E-state index contributed by atoms with van der Waals surface area (Å²) in [6.45, 7) is 5.00. The van der Waals surface area contributed by atoms with Crippen molar-refractivity contribution in [3.05, 3.63) is 35.4 Å². The third-order valence-corrected chi connectivity index (χ3v) is 2.78. The minimum absolute atomic E-state index is 0.146. The van der Waals surface area contributed by atoms with Crippen LogP contribution in [-0.2, 0) is 4.74 Å². The Kier molecular flexibility index (Phi) is 6.93. The lowest BCUT2D eigenvalue weighted by Gasteiger charge is -2.18. The molecule has 0 bridgehead atoms. The molecule has 0 saturated heterocycles. The van der Waals surface area contributed by atoms with Gasteiger partial charge in [-0.1, -0.05) is 6.92 Å². The maximum atomic E-state index is 13.7. The minimum Gasteiger partial charge on any atom is -0.380 e. The third kappa shape index (κ3) is 5.13. The Morgan fingerprint density at radius 1 is 1.35 bits per heavy atom. The van der Waals surface area contributed by atoms with Crippen molar-refractivity contribution in [2.75, 3.05) is 19.8 Å². The van der Waals surface area contributed by atoms with E-state index in [1.165, 1.54) is 0 Å². The lowest BCUT2D eigenvalue weighted by atomic mass is 10.0. The van der Waals surface area contributed by atoms with Gasteiger partial charge in [-0.05, 0) is 31.5 Å². The Balaban J connectivity index is 2.58.